The van der Waals surface area contributed by atoms with E-state index in [1.807, 2.05) is 52.2 Å². The highest BCUT2D eigenvalue weighted by atomic mass is 16.5. The van der Waals surface area contributed by atoms with Gasteiger partial charge in [0, 0.05) is 50.4 Å². The summed E-state index contributed by atoms with van der Waals surface area (Å²) in [6, 6.07) is 15.0. The molecule has 0 fully saturated rings. The first-order chi connectivity index (χ1) is 19.1. The van der Waals surface area contributed by atoms with E-state index in [-0.39, 0.29) is 11.9 Å². The van der Waals surface area contributed by atoms with Crippen molar-refractivity contribution in [2.45, 2.75) is 66.1 Å². The van der Waals surface area contributed by atoms with Crippen LogP contribution in [0, 0.1) is 24.8 Å². The summed E-state index contributed by atoms with van der Waals surface area (Å²) in [5.74, 6) is 0.387. The summed E-state index contributed by atoms with van der Waals surface area (Å²) in [7, 11) is 3.26. The number of ether oxygens (including phenoxy) is 1. The number of benzene rings is 2. The third-order valence-electron chi connectivity index (χ3n) is 8.30. The zero-order valence-corrected chi connectivity index (χ0v) is 24.8. The maximum atomic E-state index is 13.2. The van der Waals surface area contributed by atoms with Crippen molar-refractivity contribution in [3.8, 4) is 0 Å². The van der Waals surface area contributed by atoms with E-state index >= 15 is 0 Å². The lowest BCUT2D eigenvalue weighted by Gasteiger charge is -2.34. The molecule has 0 radical (unpaired) electrons. The maximum Gasteiger partial charge on any atom is 0.312 e. The van der Waals surface area contributed by atoms with Gasteiger partial charge in [-0.05, 0) is 74.1 Å². The number of carbonyl (C=O) groups excluding carboxylic acids is 1. The quantitative estimate of drug-likeness (QED) is 0.200. The Hall–Kier alpha value is -3.78. The lowest BCUT2D eigenvalue weighted by atomic mass is 9.69. The first kappa shape index (κ1) is 29.2. The van der Waals surface area contributed by atoms with Crippen molar-refractivity contribution in [3.05, 3.63) is 82.0 Å². The van der Waals surface area contributed by atoms with E-state index in [9.17, 15) is 4.79 Å². The van der Waals surface area contributed by atoms with Crippen molar-refractivity contribution in [3.63, 3.8) is 0 Å². The van der Waals surface area contributed by atoms with Crippen molar-refractivity contribution < 1.29 is 9.53 Å². The van der Waals surface area contributed by atoms with Crippen LogP contribution < -0.4 is 10.6 Å². The Balaban J connectivity index is 1.79. The molecule has 40 heavy (non-hydrogen) atoms. The second-order valence-corrected chi connectivity index (χ2v) is 11.3. The Morgan fingerprint density at radius 3 is 2.73 bits per heavy atom. The number of esters is 1. The van der Waals surface area contributed by atoms with Gasteiger partial charge in [-0.1, -0.05) is 37.3 Å². The minimum absolute atomic E-state index is 0.283. The minimum Gasteiger partial charge on any atom is -0.469 e. The van der Waals surface area contributed by atoms with Gasteiger partial charge in [0.2, 0.25) is 0 Å². The number of rotatable bonds is 9. The minimum atomic E-state index is -0.864. The van der Waals surface area contributed by atoms with Crippen LogP contribution in [0.1, 0.15) is 66.5 Å². The van der Waals surface area contributed by atoms with Gasteiger partial charge in [-0.2, -0.15) is 5.11 Å². The summed E-state index contributed by atoms with van der Waals surface area (Å²) in [6.45, 7) is 12.7. The Labute approximate surface area is 238 Å². The van der Waals surface area contributed by atoms with Gasteiger partial charge in [-0.25, -0.2) is 10.5 Å². The molecule has 0 amide bonds. The van der Waals surface area contributed by atoms with Gasteiger partial charge >= 0.3 is 5.97 Å². The van der Waals surface area contributed by atoms with E-state index in [2.05, 4.69) is 63.7 Å². The van der Waals surface area contributed by atoms with E-state index < -0.39 is 5.41 Å². The van der Waals surface area contributed by atoms with Crippen molar-refractivity contribution in [2.75, 3.05) is 31.3 Å². The Morgan fingerprint density at radius 1 is 1.27 bits per heavy atom. The average Bonchev–Trinajstić information content (AvgIpc) is 3.13. The SMILES string of the molecule is CC[C@@H]1CN(Cc2cc(C(c3ccc(NC)c(N=N)c3C)C(C)(C)C(=O)OC)ccc2C)Cc2cccnc2N1. The predicted octanol–water partition coefficient (Wildman–Crippen LogP) is 6.94. The average molecular weight is 543 g/mol. The highest BCUT2D eigenvalue weighted by Crippen LogP contribution is 2.46. The van der Waals surface area contributed by atoms with Crippen LogP contribution in [0.3, 0.4) is 0 Å². The van der Waals surface area contributed by atoms with Gasteiger partial charge in [-0.15, -0.1) is 0 Å². The van der Waals surface area contributed by atoms with E-state index in [1.165, 1.54) is 23.8 Å². The fourth-order valence-corrected chi connectivity index (χ4v) is 5.93. The largest absolute Gasteiger partial charge is 0.469 e. The van der Waals surface area contributed by atoms with Gasteiger partial charge in [0.1, 0.15) is 11.5 Å². The number of fused-ring (bicyclic) bond motifs is 1. The smallest absolute Gasteiger partial charge is 0.312 e. The number of aryl methyl sites for hydroxylation is 1. The molecule has 1 unspecified atom stereocenters. The zero-order chi connectivity index (χ0) is 29.0. The van der Waals surface area contributed by atoms with Crippen molar-refractivity contribution >= 4 is 23.2 Å². The summed E-state index contributed by atoms with van der Waals surface area (Å²) in [5.41, 5.74) is 14.8. The Bertz CT molecular complexity index is 1390. The fraction of sp³-hybridized carbons (Fsp3) is 0.438. The van der Waals surface area contributed by atoms with Gasteiger partial charge in [0.05, 0.1) is 18.2 Å². The normalized spacial score (nSPS) is 16.3. The second kappa shape index (κ2) is 12.2. The molecule has 8 heteroatoms. The number of hydrogen-bond donors (Lipinski definition) is 3. The third-order valence-corrected chi connectivity index (χ3v) is 8.30. The Kier molecular flexibility index (Phi) is 8.88. The molecule has 3 N–H and O–H groups in total. The van der Waals surface area contributed by atoms with Crippen LogP contribution in [0.4, 0.5) is 17.2 Å². The summed E-state index contributed by atoms with van der Waals surface area (Å²) in [4.78, 5) is 20.3. The number of methoxy groups -OCH3 is 1. The molecule has 0 aliphatic carbocycles. The highest BCUT2D eigenvalue weighted by Gasteiger charge is 2.41. The van der Waals surface area contributed by atoms with Crippen molar-refractivity contribution in [1.82, 2.24) is 9.88 Å². The highest BCUT2D eigenvalue weighted by molar-refractivity contribution is 5.79. The summed E-state index contributed by atoms with van der Waals surface area (Å²) in [5, 5.41) is 10.6. The number of nitrogens with zero attached hydrogens (tertiary/aromatic N) is 3. The lowest BCUT2D eigenvalue weighted by Crippen LogP contribution is -2.34. The molecule has 2 aromatic carbocycles. The molecule has 1 aliphatic heterocycles. The molecule has 4 rings (SSSR count). The molecule has 0 saturated carbocycles. The molecule has 2 heterocycles. The molecule has 1 aromatic heterocycles. The predicted molar refractivity (Wildman–Crippen MR) is 160 cm³/mol. The van der Waals surface area contributed by atoms with Gasteiger partial charge in [-0.3, -0.25) is 9.69 Å². The third kappa shape index (κ3) is 5.72. The molecule has 0 spiro atoms. The van der Waals surface area contributed by atoms with Crippen LogP contribution in [0.15, 0.2) is 53.8 Å². The first-order valence-corrected chi connectivity index (χ1v) is 13.9. The van der Waals surface area contributed by atoms with Crippen LogP contribution in [-0.4, -0.2) is 42.6 Å². The monoisotopic (exact) mass is 542 g/mol. The summed E-state index contributed by atoms with van der Waals surface area (Å²) in [6.07, 6.45) is 2.85. The van der Waals surface area contributed by atoms with Crippen LogP contribution >= 0.6 is 0 Å². The van der Waals surface area contributed by atoms with Gasteiger partial charge in [0.25, 0.3) is 0 Å². The molecule has 1 aliphatic rings. The second-order valence-electron chi connectivity index (χ2n) is 11.3. The van der Waals surface area contributed by atoms with Crippen molar-refractivity contribution in [1.29, 1.82) is 5.53 Å². The topological polar surface area (TPSA) is 103 Å². The van der Waals surface area contributed by atoms with Crippen LogP contribution in [0.2, 0.25) is 0 Å². The van der Waals surface area contributed by atoms with E-state index in [0.29, 0.717) is 11.7 Å². The number of carbonyl (C=O) groups is 1. The number of nitrogens with one attached hydrogen (secondary N) is 3. The van der Waals surface area contributed by atoms with Crippen LogP contribution in [-0.2, 0) is 22.6 Å². The molecule has 8 nitrogen and oxygen atoms in total. The van der Waals surface area contributed by atoms with E-state index in [4.69, 9.17) is 10.3 Å². The number of hydrogen-bond acceptors (Lipinski definition) is 8. The van der Waals surface area contributed by atoms with Crippen molar-refractivity contribution in [2.24, 2.45) is 10.5 Å². The first-order valence-electron chi connectivity index (χ1n) is 13.9. The molecule has 0 saturated heterocycles. The van der Waals surface area contributed by atoms with Gasteiger partial charge < -0.3 is 15.4 Å². The maximum absolute atomic E-state index is 13.2. The number of anilines is 2. The van der Waals surface area contributed by atoms with Crippen LogP contribution in [0.5, 0.6) is 0 Å². The standard InChI is InChI=1S/C32H42N6O2/c1-8-25-19-38(17-23-10-9-15-35-30(23)36-25)18-24-16-22(12-11-20(24)2)28(32(4,5)31(39)40-7)26-13-14-27(34-6)29(37-33)21(26)3/h9-16,25,28,33-34H,8,17-19H2,1-7H3,(H,35,36)/t25-,28?/m1/s1. The molecule has 3 aromatic rings. The fourth-order valence-electron chi connectivity index (χ4n) is 5.93. The van der Waals surface area contributed by atoms with Crippen LogP contribution in [0.25, 0.3) is 0 Å². The summed E-state index contributed by atoms with van der Waals surface area (Å²) < 4.78 is 5.29. The molecular formula is C32H42N6O2. The molecule has 212 valence electrons. The summed E-state index contributed by atoms with van der Waals surface area (Å²) >= 11 is 0. The Morgan fingerprint density at radius 2 is 2.05 bits per heavy atom. The molecular weight excluding hydrogens is 500 g/mol. The van der Waals surface area contributed by atoms with E-state index in [1.54, 1.807) is 0 Å². The number of aromatic nitrogens is 1. The molecule has 0 bridgehead atoms. The lowest BCUT2D eigenvalue weighted by molar-refractivity contribution is -0.151. The molecule has 2 atom stereocenters. The number of pyridine rings is 1. The van der Waals surface area contributed by atoms with E-state index in [0.717, 1.165) is 54.3 Å². The van der Waals surface area contributed by atoms with Gasteiger partial charge in [0.15, 0.2) is 0 Å². The zero-order valence-electron chi connectivity index (χ0n) is 24.8.